The van der Waals surface area contributed by atoms with Crippen LogP contribution in [0.2, 0.25) is 0 Å². The summed E-state index contributed by atoms with van der Waals surface area (Å²) in [7, 11) is -0.808. The van der Waals surface area contributed by atoms with Gasteiger partial charge in [-0.1, -0.05) is 20.8 Å². The highest BCUT2D eigenvalue weighted by Gasteiger charge is 2.22. The van der Waals surface area contributed by atoms with Crippen LogP contribution in [0.4, 0.5) is 0 Å². The van der Waals surface area contributed by atoms with Crippen molar-refractivity contribution >= 4 is 21.4 Å². The van der Waals surface area contributed by atoms with Crippen molar-refractivity contribution in [2.24, 2.45) is 0 Å². The third-order valence-electron chi connectivity index (χ3n) is 3.21. The Morgan fingerprint density at radius 3 is 2.44 bits per heavy atom. The second-order valence-corrected chi connectivity index (χ2v) is 7.79. The second kappa shape index (κ2) is 4.41. The standard InChI is InChI=1S/C11H18N4S/c1-4-16(5-2,6-3)15-9-14-10-7-12-8-13-11(10)15/h7-9H,4-6H2,1-3H3. The van der Waals surface area contributed by atoms with Gasteiger partial charge in [0.05, 0.1) is 6.20 Å². The smallest absolute Gasteiger partial charge is 0.172 e. The lowest BCUT2D eigenvalue weighted by molar-refractivity contribution is 1.13. The van der Waals surface area contributed by atoms with Gasteiger partial charge in [0.2, 0.25) is 0 Å². The van der Waals surface area contributed by atoms with Crippen LogP contribution in [0.15, 0.2) is 18.9 Å². The van der Waals surface area contributed by atoms with E-state index in [0.717, 1.165) is 11.2 Å². The summed E-state index contributed by atoms with van der Waals surface area (Å²) in [5, 5.41) is 0. The molecule has 0 aliphatic heterocycles. The van der Waals surface area contributed by atoms with E-state index in [1.807, 2.05) is 6.33 Å². The van der Waals surface area contributed by atoms with Crippen molar-refractivity contribution in [3.63, 3.8) is 0 Å². The summed E-state index contributed by atoms with van der Waals surface area (Å²) in [6.07, 6.45) is 5.32. The molecule has 0 saturated carbocycles. The van der Waals surface area contributed by atoms with Crippen molar-refractivity contribution in [3.8, 4) is 0 Å². The number of hydrogen-bond donors (Lipinski definition) is 0. The first-order chi connectivity index (χ1) is 7.77. The Labute approximate surface area is 97.6 Å². The van der Waals surface area contributed by atoms with E-state index in [9.17, 15) is 0 Å². The summed E-state index contributed by atoms with van der Waals surface area (Å²) in [6, 6.07) is 0. The van der Waals surface area contributed by atoms with Crippen molar-refractivity contribution in [3.05, 3.63) is 18.9 Å². The van der Waals surface area contributed by atoms with Crippen LogP contribution in [0.1, 0.15) is 20.8 Å². The van der Waals surface area contributed by atoms with Gasteiger partial charge in [0.15, 0.2) is 5.65 Å². The highest BCUT2D eigenvalue weighted by Crippen LogP contribution is 2.49. The summed E-state index contributed by atoms with van der Waals surface area (Å²) in [6.45, 7) is 6.78. The Morgan fingerprint density at radius 1 is 1.12 bits per heavy atom. The van der Waals surface area contributed by atoms with Crippen LogP contribution in [0, 0.1) is 0 Å². The largest absolute Gasteiger partial charge is 0.275 e. The van der Waals surface area contributed by atoms with Crippen LogP contribution >= 0.6 is 10.2 Å². The molecule has 0 fully saturated rings. The van der Waals surface area contributed by atoms with Crippen LogP contribution in [-0.4, -0.2) is 36.2 Å². The van der Waals surface area contributed by atoms with Crippen LogP contribution in [-0.2, 0) is 0 Å². The molecule has 0 saturated heterocycles. The maximum Gasteiger partial charge on any atom is 0.172 e. The molecule has 4 nitrogen and oxygen atoms in total. The Bertz CT molecular complexity index is 467. The number of aromatic nitrogens is 4. The Balaban J connectivity index is 2.61. The molecule has 0 spiro atoms. The average molecular weight is 238 g/mol. The number of fused-ring (bicyclic) bond motifs is 1. The van der Waals surface area contributed by atoms with Gasteiger partial charge in [-0.3, -0.25) is 3.97 Å². The lowest BCUT2D eigenvalue weighted by Gasteiger charge is -2.38. The van der Waals surface area contributed by atoms with E-state index in [2.05, 4.69) is 39.7 Å². The minimum absolute atomic E-state index is 0.808. The molecule has 0 amide bonds. The summed E-state index contributed by atoms with van der Waals surface area (Å²) in [4.78, 5) is 12.8. The highest BCUT2D eigenvalue weighted by molar-refractivity contribution is 8.32. The van der Waals surface area contributed by atoms with E-state index < -0.39 is 10.2 Å². The summed E-state index contributed by atoms with van der Waals surface area (Å²) >= 11 is 0. The van der Waals surface area contributed by atoms with Gasteiger partial charge in [0.1, 0.15) is 18.2 Å². The molecule has 2 rings (SSSR count). The Kier molecular flexibility index (Phi) is 3.14. The summed E-state index contributed by atoms with van der Waals surface area (Å²) in [5.74, 6) is 3.53. The van der Waals surface area contributed by atoms with Crippen molar-refractivity contribution < 1.29 is 0 Å². The second-order valence-electron chi connectivity index (χ2n) is 3.67. The molecular weight excluding hydrogens is 220 g/mol. The van der Waals surface area contributed by atoms with E-state index in [-0.39, 0.29) is 0 Å². The van der Waals surface area contributed by atoms with E-state index in [1.54, 1.807) is 12.5 Å². The molecule has 2 aromatic heterocycles. The fraction of sp³-hybridized carbons (Fsp3) is 0.545. The van der Waals surface area contributed by atoms with Gasteiger partial charge in [-0.15, -0.1) is 0 Å². The monoisotopic (exact) mass is 238 g/mol. The lowest BCUT2D eigenvalue weighted by atomic mass is 10.6. The van der Waals surface area contributed by atoms with Gasteiger partial charge in [-0.2, -0.15) is 10.2 Å². The van der Waals surface area contributed by atoms with Crippen LogP contribution in [0.3, 0.4) is 0 Å². The third-order valence-corrected chi connectivity index (χ3v) is 7.54. The molecule has 2 aromatic rings. The Morgan fingerprint density at radius 2 is 1.81 bits per heavy atom. The predicted molar refractivity (Wildman–Crippen MR) is 69.9 cm³/mol. The van der Waals surface area contributed by atoms with Gasteiger partial charge in [-0.25, -0.2) is 15.0 Å². The summed E-state index contributed by atoms with van der Waals surface area (Å²) < 4.78 is 2.30. The Hall–Kier alpha value is -1.10. The van der Waals surface area contributed by atoms with Crippen molar-refractivity contribution in [2.45, 2.75) is 20.8 Å². The number of imidazole rings is 1. The van der Waals surface area contributed by atoms with Crippen LogP contribution in [0.5, 0.6) is 0 Å². The molecule has 0 N–H and O–H groups in total. The van der Waals surface area contributed by atoms with Gasteiger partial charge >= 0.3 is 0 Å². The fourth-order valence-electron chi connectivity index (χ4n) is 2.06. The minimum atomic E-state index is -0.808. The summed E-state index contributed by atoms with van der Waals surface area (Å²) in [5.41, 5.74) is 1.88. The molecule has 0 radical (unpaired) electrons. The third kappa shape index (κ3) is 1.59. The van der Waals surface area contributed by atoms with E-state index in [0.29, 0.717) is 0 Å². The molecule has 0 bridgehead atoms. The van der Waals surface area contributed by atoms with Crippen LogP contribution < -0.4 is 0 Å². The normalized spacial score (nSPS) is 13.2. The first-order valence-corrected chi connectivity index (χ1v) is 7.77. The van der Waals surface area contributed by atoms with Gasteiger partial charge in [0.25, 0.3) is 0 Å². The van der Waals surface area contributed by atoms with Crippen molar-refractivity contribution in [1.29, 1.82) is 0 Å². The molecule has 2 heterocycles. The van der Waals surface area contributed by atoms with Gasteiger partial charge in [-0.05, 0) is 17.3 Å². The minimum Gasteiger partial charge on any atom is -0.275 e. The number of rotatable bonds is 4. The van der Waals surface area contributed by atoms with Crippen molar-refractivity contribution in [1.82, 2.24) is 18.9 Å². The predicted octanol–water partition coefficient (Wildman–Crippen LogP) is 2.45. The first-order valence-electron chi connectivity index (χ1n) is 5.67. The highest BCUT2D eigenvalue weighted by atomic mass is 32.3. The van der Waals surface area contributed by atoms with E-state index >= 15 is 0 Å². The maximum atomic E-state index is 4.39. The van der Waals surface area contributed by atoms with Crippen LogP contribution in [0.25, 0.3) is 11.2 Å². The van der Waals surface area contributed by atoms with Gasteiger partial charge in [0, 0.05) is 0 Å². The first kappa shape index (κ1) is 11.4. The number of hydrogen-bond acceptors (Lipinski definition) is 3. The molecule has 16 heavy (non-hydrogen) atoms. The quantitative estimate of drug-likeness (QED) is 0.821. The molecule has 0 unspecified atom stereocenters. The maximum absolute atomic E-state index is 4.39. The molecule has 0 aliphatic rings. The lowest BCUT2D eigenvalue weighted by Crippen LogP contribution is -2.17. The molecule has 0 aromatic carbocycles. The molecule has 88 valence electrons. The number of nitrogens with zero attached hydrogens (tertiary/aromatic N) is 4. The topological polar surface area (TPSA) is 43.6 Å². The zero-order valence-electron chi connectivity index (χ0n) is 10.1. The van der Waals surface area contributed by atoms with E-state index in [1.165, 1.54) is 17.3 Å². The zero-order chi connectivity index (χ0) is 11.6. The fourth-order valence-corrected chi connectivity index (χ4v) is 4.87. The molecule has 0 aliphatic carbocycles. The van der Waals surface area contributed by atoms with E-state index in [4.69, 9.17) is 0 Å². The average Bonchev–Trinajstić information content (AvgIpc) is 2.77. The molecule has 0 atom stereocenters. The molecule has 5 heteroatoms. The zero-order valence-corrected chi connectivity index (χ0v) is 10.9. The SMILES string of the molecule is CCS(CC)(CC)n1cnc2cncnc21. The molecular formula is C11H18N4S. The van der Waals surface area contributed by atoms with Crippen molar-refractivity contribution in [2.75, 3.05) is 17.3 Å². The van der Waals surface area contributed by atoms with Gasteiger partial charge < -0.3 is 0 Å².